The van der Waals surface area contributed by atoms with E-state index in [4.69, 9.17) is 9.47 Å². The van der Waals surface area contributed by atoms with E-state index in [1.807, 2.05) is 31.2 Å². The fourth-order valence-electron chi connectivity index (χ4n) is 3.62. The number of esters is 1. The van der Waals surface area contributed by atoms with Gasteiger partial charge in [0, 0.05) is 17.9 Å². The number of carbonyl (C=O) groups excluding carboxylic acids is 2. The van der Waals surface area contributed by atoms with Crippen LogP contribution in [-0.4, -0.2) is 31.6 Å². The molecule has 0 bridgehead atoms. The summed E-state index contributed by atoms with van der Waals surface area (Å²) >= 11 is 0. The lowest BCUT2D eigenvalue weighted by Gasteiger charge is -2.15. The summed E-state index contributed by atoms with van der Waals surface area (Å²) in [6.45, 7) is 2.54. The molecule has 1 heterocycles. The third-order valence-electron chi connectivity index (χ3n) is 5.12. The van der Waals surface area contributed by atoms with Crippen molar-refractivity contribution in [3.63, 3.8) is 0 Å². The highest BCUT2D eigenvalue weighted by Gasteiger charge is 2.32. The third kappa shape index (κ3) is 3.54. The van der Waals surface area contributed by atoms with Crippen LogP contribution in [0.5, 0.6) is 5.75 Å². The second kappa shape index (κ2) is 7.06. The van der Waals surface area contributed by atoms with Gasteiger partial charge >= 0.3 is 5.97 Å². The minimum atomic E-state index is -0.368. The second-order valence-electron chi connectivity index (χ2n) is 7.30. The number of benzene rings is 2. The van der Waals surface area contributed by atoms with E-state index >= 15 is 0 Å². The predicted octanol–water partition coefficient (Wildman–Crippen LogP) is 3.28. The van der Waals surface area contributed by atoms with Crippen LogP contribution in [0.25, 0.3) is 11.1 Å². The number of nitrogens with one attached hydrogen (secondary N) is 1. The number of ether oxygens (including phenoxy) is 2. The first-order valence-corrected chi connectivity index (χ1v) is 9.32. The average Bonchev–Trinajstić information content (AvgIpc) is 3.45. The summed E-state index contributed by atoms with van der Waals surface area (Å²) < 4.78 is 11.1. The molecule has 1 unspecified atom stereocenters. The number of hydrogen-bond acceptors (Lipinski definition) is 4. The monoisotopic (exact) mass is 365 g/mol. The van der Waals surface area contributed by atoms with Crippen molar-refractivity contribution in [3.05, 3.63) is 53.1 Å². The van der Waals surface area contributed by atoms with Crippen molar-refractivity contribution in [1.82, 2.24) is 5.32 Å². The van der Waals surface area contributed by atoms with E-state index in [-0.39, 0.29) is 23.9 Å². The number of carbonyl (C=O) groups is 2. The number of hydrogen-bond donors (Lipinski definition) is 1. The van der Waals surface area contributed by atoms with Gasteiger partial charge in [-0.05, 0) is 48.6 Å². The number of fused-ring (bicyclic) bond motifs is 1. The van der Waals surface area contributed by atoms with Gasteiger partial charge in [0.2, 0.25) is 5.91 Å². The minimum Gasteiger partial charge on any atom is -0.487 e. The Hall–Kier alpha value is -2.82. The van der Waals surface area contributed by atoms with Crippen LogP contribution in [0.4, 0.5) is 0 Å². The maximum absolute atomic E-state index is 12.2. The van der Waals surface area contributed by atoms with Crippen molar-refractivity contribution >= 4 is 11.9 Å². The van der Waals surface area contributed by atoms with Gasteiger partial charge in [-0.2, -0.15) is 0 Å². The highest BCUT2D eigenvalue weighted by Crippen LogP contribution is 2.41. The molecule has 2 aromatic carbocycles. The predicted molar refractivity (Wildman–Crippen MR) is 102 cm³/mol. The van der Waals surface area contributed by atoms with Crippen LogP contribution in [-0.2, 0) is 16.0 Å². The molecule has 1 saturated carbocycles. The number of methoxy groups -OCH3 is 1. The van der Waals surface area contributed by atoms with E-state index < -0.39 is 0 Å². The largest absolute Gasteiger partial charge is 0.487 e. The lowest BCUT2D eigenvalue weighted by atomic mass is 9.94. The van der Waals surface area contributed by atoms with Crippen molar-refractivity contribution in [2.75, 3.05) is 13.7 Å². The Kier molecular flexibility index (Phi) is 4.60. The molecule has 5 heteroatoms. The van der Waals surface area contributed by atoms with Gasteiger partial charge in [0.25, 0.3) is 0 Å². The van der Waals surface area contributed by atoms with Crippen LogP contribution in [0.3, 0.4) is 0 Å². The first kappa shape index (κ1) is 17.6. The Balaban J connectivity index is 1.62. The van der Waals surface area contributed by atoms with Gasteiger partial charge in [-0.3, -0.25) is 4.79 Å². The zero-order valence-electron chi connectivity index (χ0n) is 15.6. The zero-order chi connectivity index (χ0) is 19.0. The summed E-state index contributed by atoms with van der Waals surface area (Å²) in [5, 5.41) is 3.00. The molecule has 0 spiro atoms. The first-order chi connectivity index (χ1) is 13.1. The molecule has 1 amide bonds. The number of amides is 1. The summed E-state index contributed by atoms with van der Waals surface area (Å²) in [6, 6.07) is 11.5. The summed E-state index contributed by atoms with van der Waals surface area (Å²) in [6.07, 6.45) is 2.64. The highest BCUT2D eigenvalue weighted by molar-refractivity contribution is 5.98. The molecule has 4 rings (SSSR count). The molecular formula is C22H23NO4. The maximum atomic E-state index is 12.2. The van der Waals surface area contributed by atoms with Crippen LogP contribution < -0.4 is 10.1 Å². The molecule has 1 fully saturated rings. The van der Waals surface area contributed by atoms with Crippen molar-refractivity contribution in [3.8, 4) is 16.9 Å². The van der Waals surface area contributed by atoms with Crippen LogP contribution in [0.2, 0.25) is 0 Å². The lowest BCUT2D eigenvalue weighted by molar-refractivity contribution is -0.122. The van der Waals surface area contributed by atoms with Gasteiger partial charge < -0.3 is 14.8 Å². The lowest BCUT2D eigenvalue weighted by Crippen LogP contribution is -2.35. The zero-order valence-corrected chi connectivity index (χ0v) is 15.6. The normalized spacial score (nSPS) is 17.8. The molecule has 27 heavy (non-hydrogen) atoms. The van der Waals surface area contributed by atoms with Gasteiger partial charge in [-0.1, -0.05) is 24.3 Å². The second-order valence-corrected chi connectivity index (χ2v) is 7.30. The van der Waals surface area contributed by atoms with E-state index in [0.29, 0.717) is 12.1 Å². The van der Waals surface area contributed by atoms with E-state index in [1.54, 1.807) is 6.07 Å². The molecule has 0 saturated heterocycles. The fourth-order valence-corrected chi connectivity index (χ4v) is 3.62. The molecule has 1 aliphatic carbocycles. The van der Waals surface area contributed by atoms with Crippen molar-refractivity contribution < 1.29 is 19.1 Å². The maximum Gasteiger partial charge on any atom is 0.338 e. The van der Waals surface area contributed by atoms with Crippen LogP contribution in [0.1, 0.15) is 34.3 Å². The van der Waals surface area contributed by atoms with Crippen LogP contribution in [0.15, 0.2) is 36.4 Å². The summed E-state index contributed by atoms with van der Waals surface area (Å²) in [5.41, 5.74) is 4.42. The van der Waals surface area contributed by atoms with E-state index in [1.165, 1.54) is 7.11 Å². The van der Waals surface area contributed by atoms with Crippen molar-refractivity contribution in [1.29, 1.82) is 0 Å². The standard InChI is InChI=1S/C22H23NO4/c1-13-9-15-11-16(12-23-21(24)14-7-8-14)27-20(15)19(10-13)17-5-3-4-6-18(17)22(25)26-2/h3-6,9-10,14,16H,7-8,11-12H2,1-2H3,(H,23,24). The van der Waals surface area contributed by atoms with E-state index in [0.717, 1.165) is 47.3 Å². The Bertz CT molecular complexity index is 901. The molecule has 0 aromatic heterocycles. The van der Waals surface area contributed by atoms with Gasteiger partial charge in [0.05, 0.1) is 19.2 Å². The molecule has 0 radical (unpaired) electrons. The van der Waals surface area contributed by atoms with Crippen LogP contribution >= 0.6 is 0 Å². The van der Waals surface area contributed by atoms with E-state index in [2.05, 4.69) is 11.4 Å². The Morgan fingerprint density at radius 2 is 1.96 bits per heavy atom. The molecule has 2 aliphatic rings. The van der Waals surface area contributed by atoms with E-state index in [9.17, 15) is 9.59 Å². The third-order valence-corrected chi connectivity index (χ3v) is 5.12. The number of rotatable bonds is 5. The molecule has 5 nitrogen and oxygen atoms in total. The van der Waals surface area contributed by atoms with Gasteiger partial charge in [-0.25, -0.2) is 4.79 Å². The molecule has 140 valence electrons. The smallest absolute Gasteiger partial charge is 0.338 e. The summed E-state index contributed by atoms with van der Waals surface area (Å²) in [4.78, 5) is 24.1. The van der Waals surface area contributed by atoms with Crippen LogP contribution in [0, 0.1) is 12.8 Å². The Morgan fingerprint density at radius 3 is 2.70 bits per heavy atom. The molecule has 1 N–H and O–H groups in total. The van der Waals surface area contributed by atoms with Crippen molar-refractivity contribution in [2.24, 2.45) is 5.92 Å². The molecule has 1 aliphatic heterocycles. The molecular weight excluding hydrogens is 342 g/mol. The summed E-state index contributed by atoms with van der Waals surface area (Å²) in [7, 11) is 1.38. The quantitative estimate of drug-likeness (QED) is 0.826. The average molecular weight is 365 g/mol. The van der Waals surface area contributed by atoms with Crippen molar-refractivity contribution in [2.45, 2.75) is 32.3 Å². The Labute approximate surface area is 158 Å². The topological polar surface area (TPSA) is 64.6 Å². The SMILES string of the molecule is COC(=O)c1ccccc1-c1cc(C)cc2c1OC(CNC(=O)C1CC1)C2. The first-order valence-electron chi connectivity index (χ1n) is 9.32. The Morgan fingerprint density at radius 1 is 1.19 bits per heavy atom. The van der Waals surface area contributed by atoms with Gasteiger partial charge in [0.15, 0.2) is 0 Å². The van der Waals surface area contributed by atoms with Gasteiger partial charge in [0.1, 0.15) is 11.9 Å². The summed E-state index contributed by atoms with van der Waals surface area (Å²) in [5.74, 6) is 0.746. The molecule has 1 atom stereocenters. The minimum absolute atomic E-state index is 0.0893. The highest BCUT2D eigenvalue weighted by atomic mass is 16.5. The molecule has 2 aromatic rings. The number of aryl methyl sites for hydroxylation is 1. The van der Waals surface area contributed by atoms with Gasteiger partial charge in [-0.15, -0.1) is 0 Å². The fraction of sp³-hybridized carbons (Fsp3) is 0.364.